The average Bonchev–Trinajstić information content (AvgIpc) is 2.72. The Kier molecular flexibility index (Phi) is 3.59. The third-order valence-electron chi connectivity index (χ3n) is 3.17. The normalized spacial score (nSPS) is 12.6. The third-order valence-corrected chi connectivity index (χ3v) is 3.17. The number of aromatic nitrogens is 2. The lowest BCUT2D eigenvalue weighted by molar-refractivity contribution is 0.546. The van der Waals surface area contributed by atoms with E-state index in [1.165, 1.54) is 16.8 Å². The second-order valence-electron chi connectivity index (χ2n) is 4.41. The monoisotopic (exact) mass is 229 g/mol. The molecule has 0 saturated heterocycles. The number of nitrogens with one attached hydrogen (secondary N) is 1. The van der Waals surface area contributed by atoms with Crippen LogP contribution in [0.3, 0.4) is 0 Å². The zero-order chi connectivity index (χ0) is 12.3. The minimum atomic E-state index is 0.353. The van der Waals surface area contributed by atoms with E-state index in [0.717, 1.165) is 6.54 Å². The standard InChI is InChI=1S/C14H19N3/c1-11-6-4-5-7-14(11)12(2)15-10-13-8-9-16-17(13)3/h4-9,12,15H,10H2,1-3H3/t12-/m1/s1. The fourth-order valence-corrected chi connectivity index (χ4v) is 2.01. The molecule has 0 aliphatic heterocycles. The highest BCUT2D eigenvalue weighted by atomic mass is 15.3. The molecule has 2 rings (SSSR count). The summed E-state index contributed by atoms with van der Waals surface area (Å²) in [5.74, 6) is 0. The summed E-state index contributed by atoms with van der Waals surface area (Å²) < 4.78 is 1.90. The molecule has 0 unspecified atom stereocenters. The van der Waals surface area contributed by atoms with Gasteiger partial charge in [-0.05, 0) is 31.0 Å². The Bertz CT molecular complexity index is 488. The molecule has 1 heterocycles. The van der Waals surface area contributed by atoms with Gasteiger partial charge in [-0.1, -0.05) is 24.3 Å². The molecule has 1 atom stereocenters. The predicted molar refractivity (Wildman–Crippen MR) is 69.6 cm³/mol. The number of benzene rings is 1. The van der Waals surface area contributed by atoms with Gasteiger partial charge >= 0.3 is 0 Å². The first-order valence-corrected chi connectivity index (χ1v) is 5.94. The molecule has 3 nitrogen and oxygen atoms in total. The minimum absolute atomic E-state index is 0.353. The lowest BCUT2D eigenvalue weighted by Crippen LogP contribution is -2.20. The van der Waals surface area contributed by atoms with Crippen molar-refractivity contribution in [3.05, 3.63) is 53.3 Å². The van der Waals surface area contributed by atoms with Crippen molar-refractivity contribution in [2.75, 3.05) is 0 Å². The molecule has 0 radical (unpaired) electrons. The molecule has 2 aromatic rings. The van der Waals surface area contributed by atoms with Gasteiger partial charge in [-0.3, -0.25) is 4.68 Å². The van der Waals surface area contributed by atoms with Crippen molar-refractivity contribution in [2.45, 2.75) is 26.4 Å². The van der Waals surface area contributed by atoms with Gasteiger partial charge in [0, 0.05) is 25.8 Å². The molecule has 1 aromatic carbocycles. The topological polar surface area (TPSA) is 29.9 Å². The molecule has 0 aliphatic rings. The van der Waals surface area contributed by atoms with Crippen LogP contribution in [-0.2, 0) is 13.6 Å². The fraction of sp³-hybridized carbons (Fsp3) is 0.357. The predicted octanol–water partition coefficient (Wildman–Crippen LogP) is 2.58. The first-order chi connectivity index (χ1) is 8.18. The van der Waals surface area contributed by atoms with E-state index in [2.05, 4.69) is 48.5 Å². The Morgan fingerprint density at radius 2 is 2.06 bits per heavy atom. The number of aryl methyl sites for hydroxylation is 2. The summed E-state index contributed by atoms with van der Waals surface area (Å²) in [5, 5.41) is 7.68. The highest BCUT2D eigenvalue weighted by molar-refractivity contribution is 5.28. The Morgan fingerprint density at radius 3 is 2.71 bits per heavy atom. The van der Waals surface area contributed by atoms with E-state index < -0.39 is 0 Å². The maximum atomic E-state index is 4.16. The van der Waals surface area contributed by atoms with Crippen molar-refractivity contribution in [1.82, 2.24) is 15.1 Å². The molecule has 0 fully saturated rings. The largest absolute Gasteiger partial charge is 0.305 e. The number of hydrogen-bond acceptors (Lipinski definition) is 2. The van der Waals surface area contributed by atoms with Crippen LogP contribution < -0.4 is 5.32 Å². The highest BCUT2D eigenvalue weighted by Gasteiger charge is 2.07. The summed E-state index contributed by atoms with van der Waals surface area (Å²) in [6, 6.07) is 10.9. The SMILES string of the molecule is Cc1ccccc1[C@@H](C)NCc1ccnn1C. The minimum Gasteiger partial charge on any atom is -0.305 e. The van der Waals surface area contributed by atoms with E-state index in [1.54, 1.807) is 0 Å². The molecule has 1 N–H and O–H groups in total. The van der Waals surface area contributed by atoms with Gasteiger partial charge in [0.05, 0.1) is 5.69 Å². The van der Waals surface area contributed by atoms with Crippen molar-refractivity contribution in [3.8, 4) is 0 Å². The molecule has 0 aliphatic carbocycles. The fourth-order valence-electron chi connectivity index (χ4n) is 2.01. The second-order valence-corrected chi connectivity index (χ2v) is 4.41. The first-order valence-electron chi connectivity index (χ1n) is 5.94. The Labute approximate surface area is 102 Å². The van der Waals surface area contributed by atoms with Crippen LogP contribution in [0.5, 0.6) is 0 Å². The van der Waals surface area contributed by atoms with Crippen LogP contribution in [0.15, 0.2) is 36.5 Å². The van der Waals surface area contributed by atoms with Crippen molar-refractivity contribution in [3.63, 3.8) is 0 Å². The zero-order valence-corrected chi connectivity index (χ0v) is 10.6. The van der Waals surface area contributed by atoms with Gasteiger partial charge in [-0.25, -0.2) is 0 Å². The summed E-state index contributed by atoms with van der Waals surface area (Å²) in [4.78, 5) is 0. The Balaban J connectivity index is 2.01. The molecule has 1 aromatic heterocycles. The molecule has 17 heavy (non-hydrogen) atoms. The summed E-state index contributed by atoms with van der Waals surface area (Å²) in [6.45, 7) is 5.18. The average molecular weight is 229 g/mol. The molecular formula is C14H19N3. The zero-order valence-electron chi connectivity index (χ0n) is 10.6. The van der Waals surface area contributed by atoms with Crippen LogP contribution in [0.4, 0.5) is 0 Å². The Hall–Kier alpha value is -1.61. The number of hydrogen-bond donors (Lipinski definition) is 1. The van der Waals surface area contributed by atoms with Crippen LogP contribution in [-0.4, -0.2) is 9.78 Å². The number of nitrogens with zero attached hydrogens (tertiary/aromatic N) is 2. The summed E-state index contributed by atoms with van der Waals surface area (Å²) in [6.07, 6.45) is 1.83. The second kappa shape index (κ2) is 5.15. The molecule has 0 amide bonds. The summed E-state index contributed by atoms with van der Waals surface area (Å²) in [5.41, 5.74) is 3.89. The lowest BCUT2D eigenvalue weighted by atomic mass is 10.0. The third kappa shape index (κ3) is 2.74. The molecular weight excluding hydrogens is 210 g/mol. The van der Waals surface area contributed by atoms with Gasteiger partial charge in [0.15, 0.2) is 0 Å². The van der Waals surface area contributed by atoms with Crippen molar-refractivity contribution < 1.29 is 0 Å². The summed E-state index contributed by atoms with van der Waals surface area (Å²) in [7, 11) is 1.97. The van der Waals surface area contributed by atoms with Gasteiger partial charge in [0.1, 0.15) is 0 Å². The Morgan fingerprint density at radius 1 is 1.29 bits per heavy atom. The van der Waals surface area contributed by atoms with Crippen molar-refractivity contribution in [2.24, 2.45) is 7.05 Å². The van der Waals surface area contributed by atoms with Crippen LogP contribution >= 0.6 is 0 Å². The van der Waals surface area contributed by atoms with Gasteiger partial charge in [-0.2, -0.15) is 5.10 Å². The molecule has 0 saturated carbocycles. The first kappa shape index (κ1) is 11.9. The molecule has 3 heteroatoms. The van der Waals surface area contributed by atoms with Crippen LogP contribution in [0.25, 0.3) is 0 Å². The van der Waals surface area contributed by atoms with E-state index >= 15 is 0 Å². The van der Waals surface area contributed by atoms with E-state index in [9.17, 15) is 0 Å². The summed E-state index contributed by atoms with van der Waals surface area (Å²) >= 11 is 0. The smallest absolute Gasteiger partial charge is 0.0518 e. The number of rotatable bonds is 4. The maximum Gasteiger partial charge on any atom is 0.0518 e. The van der Waals surface area contributed by atoms with Gasteiger partial charge in [0.25, 0.3) is 0 Å². The maximum absolute atomic E-state index is 4.16. The van der Waals surface area contributed by atoms with E-state index in [-0.39, 0.29) is 0 Å². The van der Waals surface area contributed by atoms with Crippen molar-refractivity contribution in [1.29, 1.82) is 0 Å². The quantitative estimate of drug-likeness (QED) is 0.873. The van der Waals surface area contributed by atoms with E-state index in [4.69, 9.17) is 0 Å². The van der Waals surface area contributed by atoms with Crippen LogP contribution in [0.2, 0.25) is 0 Å². The molecule has 90 valence electrons. The van der Waals surface area contributed by atoms with E-state index in [1.807, 2.05) is 24.0 Å². The highest BCUT2D eigenvalue weighted by Crippen LogP contribution is 2.16. The van der Waals surface area contributed by atoms with E-state index in [0.29, 0.717) is 6.04 Å². The van der Waals surface area contributed by atoms with Gasteiger partial charge < -0.3 is 5.32 Å². The van der Waals surface area contributed by atoms with Gasteiger partial charge in [-0.15, -0.1) is 0 Å². The molecule has 0 bridgehead atoms. The van der Waals surface area contributed by atoms with Crippen LogP contribution in [0, 0.1) is 6.92 Å². The molecule has 0 spiro atoms. The van der Waals surface area contributed by atoms with Crippen molar-refractivity contribution >= 4 is 0 Å². The van der Waals surface area contributed by atoms with Gasteiger partial charge in [0.2, 0.25) is 0 Å². The lowest BCUT2D eigenvalue weighted by Gasteiger charge is -2.16. The van der Waals surface area contributed by atoms with Crippen LogP contribution in [0.1, 0.15) is 29.8 Å².